The summed E-state index contributed by atoms with van der Waals surface area (Å²) in [5.41, 5.74) is 0.160. The molecule has 0 bridgehead atoms. The molecule has 0 spiro atoms. The predicted octanol–water partition coefficient (Wildman–Crippen LogP) is 1.93. The Morgan fingerprint density at radius 2 is 1.72 bits per heavy atom. The molecule has 0 amide bonds. The Kier molecular flexibility index (Phi) is 4.48. The lowest BCUT2D eigenvalue weighted by molar-refractivity contribution is 0.414. The second-order valence-corrected chi connectivity index (χ2v) is 5.38. The highest BCUT2D eigenvalue weighted by atomic mass is 16.5. The van der Waals surface area contributed by atoms with E-state index in [0.717, 1.165) is 10.1 Å². The maximum absolute atomic E-state index is 12.8. The van der Waals surface area contributed by atoms with Crippen LogP contribution in [0.2, 0.25) is 0 Å². The third-order valence-corrected chi connectivity index (χ3v) is 3.83. The molecule has 0 aliphatic carbocycles. The van der Waals surface area contributed by atoms with Gasteiger partial charge in [0, 0.05) is 6.20 Å². The first-order chi connectivity index (χ1) is 12.1. The number of nitrogens with zero attached hydrogens (tertiary/aromatic N) is 3. The first-order valence-electron chi connectivity index (χ1n) is 7.59. The van der Waals surface area contributed by atoms with Gasteiger partial charge < -0.3 is 4.74 Å². The minimum Gasteiger partial charge on any atom is -0.497 e. The quantitative estimate of drug-likeness (QED) is 0.731. The molecule has 0 atom stereocenters. The summed E-state index contributed by atoms with van der Waals surface area (Å²) in [4.78, 5) is 25.2. The Morgan fingerprint density at radius 3 is 2.32 bits per heavy atom. The standard InChI is InChI=1S/C19H15N3O3/c1-25-17-9-7-16(8-10-17)21-13-15(11-20)18(23)22(19(21)24)12-14-5-3-2-4-6-14/h2-10,13H,12H2,1H3. The van der Waals surface area contributed by atoms with Crippen molar-refractivity contribution < 1.29 is 4.74 Å². The first-order valence-corrected chi connectivity index (χ1v) is 7.59. The van der Waals surface area contributed by atoms with Gasteiger partial charge in [-0.25, -0.2) is 4.79 Å². The van der Waals surface area contributed by atoms with Crippen molar-refractivity contribution in [3.63, 3.8) is 0 Å². The van der Waals surface area contributed by atoms with Gasteiger partial charge in [-0.2, -0.15) is 5.26 Å². The van der Waals surface area contributed by atoms with Crippen molar-refractivity contribution in [1.29, 1.82) is 5.26 Å². The fraction of sp³-hybridized carbons (Fsp3) is 0.105. The van der Waals surface area contributed by atoms with E-state index in [1.54, 1.807) is 31.4 Å². The first kappa shape index (κ1) is 16.3. The van der Waals surface area contributed by atoms with Crippen molar-refractivity contribution in [1.82, 2.24) is 9.13 Å². The summed E-state index contributed by atoms with van der Waals surface area (Å²) in [6, 6.07) is 17.8. The molecule has 1 aromatic heterocycles. The zero-order chi connectivity index (χ0) is 17.8. The van der Waals surface area contributed by atoms with Crippen molar-refractivity contribution >= 4 is 0 Å². The molecule has 124 valence electrons. The molecule has 0 aliphatic heterocycles. The largest absolute Gasteiger partial charge is 0.497 e. The zero-order valence-electron chi connectivity index (χ0n) is 13.5. The van der Waals surface area contributed by atoms with Gasteiger partial charge in [-0.05, 0) is 29.8 Å². The maximum Gasteiger partial charge on any atom is 0.335 e. The highest BCUT2D eigenvalue weighted by Crippen LogP contribution is 2.13. The van der Waals surface area contributed by atoms with Crippen molar-refractivity contribution in [3.05, 3.63) is 92.8 Å². The zero-order valence-corrected chi connectivity index (χ0v) is 13.5. The fourth-order valence-electron chi connectivity index (χ4n) is 2.51. The lowest BCUT2D eigenvalue weighted by Crippen LogP contribution is -2.40. The SMILES string of the molecule is COc1ccc(-n2cc(C#N)c(=O)n(Cc3ccccc3)c2=O)cc1. The molecule has 3 rings (SSSR count). The Morgan fingerprint density at radius 1 is 1.04 bits per heavy atom. The van der Waals surface area contributed by atoms with Gasteiger partial charge in [0.1, 0.15) is 17.4 Å². The average molecular weight is 333 g/mol. The van der Waals surface area contributed by atoms with Gasteiger partial charge in [0.2, 0.25) is 0 Å². The lowest BCUT2D eigenvalue weighted by Gasteiger charge is -2.11. The molecule has 0 saturated heterocycles. The van der Waals surface area contributed by atoms with Gasteiger partial charge in [0.15, 0.2) is 0 Å². The number of rotatable bonds is 4. The van der Waals surface area contributed by atoms with E-state index in [9.17, 15) is 14.9 Å². The van der Waals surface area contributed by atoms with Crippen molar-refractivity contribution in [2.45, 2.75) is 6.54 Å². The van der Waals surface area contributed by atoms with Crippen LogP contribution in [-0.4, -0.2) is 16.2 Å². The molecule has 0 saturated carbocycles. The normalized spacial score (nSPS) is 10.2. The van der Waals surface area contributed by atoms with Crippen LogP contribution in [0.3, 0.4) is 0 Å². The van der Waals surface area contributed by atoms with Crippen LogP contribution < -0.4 is 16.0 Å². The predicted molar refractivity (Wildman–Crippen MR) is 93.1 cm³/mol. The van der Waals surface area contributed by atoms with Crippen molar-refractivity contribution in [2.24, 2.45) is 0 Å². The molecule has 0 fully saturated rings. The summed E-state index contributed by atoms with van der Waals surface area (Å²) in [7, 11) is 1.55. The maximum atomic E-state index is 12.8. The van der Waals surface area contributed by atoms with Crippen LogP contribution in [0, 0.1) is 11.3 Å². The minimum atomic E-state index is -0.596. The lowest BCUT2D eigenvalue weighted by atomic mass is 10.2. The van der Waals surface area contributed by atoms with Gasteiger partial charge >= 0.3 is 5.69 Å². The Bertz CT molecular complexity index is 1040. The van der Waals surface area contributed by atoms with Crippen molar-refractivity contribution in [2.75, 3.05) is 7.11 Å². The van der Waals surface area contributed by atoms with Gasteiger partial charge in [-0.1, -0.05) is 30.3 Å². The third-order valence-electron chi connectivity index (χ3n) is 3.83. The minimum absolute atomic E-state index is 0.0913. The molecule has 6 heteroatoms. The summed E-state index contributed by atoms with van der Waals surface area (Å²) < 4.78 is 7.47. The Labute approximate surface area is 143 Å². The molecular formula is C19H15N3O3. The molecule has 25 heavy (non-hydrogen) atoms. The van der Waals surface area contributed by atoms with E-state index in [-0.39, 0.29) is 12.1 Å². The number of methoxy groups -OCH3 is 1. The summed E-state index contributed by atoms with van der Waals surface area (Å²) in [6.45, 7) is 0.101. The van der Waals surface area contributed by atoms with E-state index >= 15 is 0 Å². The number of hydrogen-bond acceptors (Lipinski definition) is 4. The third kappa shape index (κ3) is 3.21. The molecular weight excluding hydrogens is 318 g/mol. The smallest absolute Gasteiger partial charge is 0.335 e. The monoisotopic (exact) mass is 333 g/mol. The summed E-state index contributed by atoms with van der Waals surface area (Å²) in [5.74, 6) is 0.648. The van der Waals surface area contributed by atoms with Gasteiger partial charge in [0.25, 0.3) is 5.56 Å². The number of nitriles is 1. The van der Waals surface area contributed by atoms with Gasteiger partial charge in [-0.3, -0.25) is 13.9 Å². The molecule has 6 nitrogen and oxygen atoms in total. The Hall–Kier alpha value is -3.59. The molecule has 0 N–H and O–H groups in total. The molecule has 3 aromatic rings. The van der Waals surface area contributed by atoms with E-state index in [1.807, 2.05) is 36.4 Å². The van der Waals surface area contributed by atoms with Crippen LogP contribution in [0.5, 0.6) is 5.75 Å². The number of ether oxygens (including phenoxy) is 1. The van der Waals surface area contributed by atoms with E-state index in [2.05, 4.69) is 0 Å². The second-order valence-electron chi connectivity index (χ2n) is 5.38. The van der Waals surface area contributed by atoms with Crippen LogP contribution in [-0.2, 0) is 6.54 Å². The van der Waals surface area contributed by atoms with E-state index in [4.69, 9.17) is 4.74 Å². The summed E-state index contributed by atoms with van der Waals surface area (Å²) >= 11 is 0. The van der Waals surface area contributed by atoms with E-state index in [0.29, 0.717) is 11.4 Å². The average Bonchev–Trinajstić information content (AvgIpc) is 2.66. The number of aromatic nitrogens is 2. The second kappa shape index (κ2) is 6.89. The van der Waals surface area contributed by atoms with E-state index < -0.39 is 11.2 Å². The van der Waals surface area contributed by atoms with E-state index in [1.165, 1.54) is 10.8 Å². The molecule has 2 aromatic carbocycles. The topological polar surface area (TPSA) is 77.0 Å². The Balaban J connectivity index is 2.17. The van der Waals surface area contributed by atoms with Crippen LogP contribution in [0.15, 0.2) is 70.4 Å². The molecule has 0 radical (unpaired) electrons. The molecule has 1 heterocycles. The molecule has 0 unspecified atom stereocenters. The van der Waals surface area contributed by atoms with Crippen LogP contribution in [0.1, 0.15) is 11.1 Å². The number of benzene rings is 2. The highest BCUT2D eigenvalue weighted by Gasteiger charge is 2.13. The van der Waals surface area contributed by atoms with Crippen LogP contribution >= 0.6 is 0 Å². The van der Waals surface area contributed by atoms with Crippen LogP contribution in [0.25, 0.3) is 5.69 Å². The van der Waals surface area contributed by atoms with Crippen molar-refractivity contribution in [3.8, 4) is 17.5 Å². The number of hydrogen-bond donors (Lipinski definition) is 0. The molecule has 0 aliphatic rings. The van der Waals surface area contributed by atoms with Crippen LogP contribution in [0.4, 0.5) is 0 Å². The summed E-state index contributed by atoms with van der Waals surface area (Å²) in [5, 5.41) is 9.25. The summed E-state index contributed by atoms with van der Waals surface area (Å²) in [6.07, 6.45) is 1.27. The van der Waals surface area contributed by atoms with Gasteiger partial charge in [-0.15, -0.1) is 0 Å². The van der Waals surface area contributed by atoms with Gasteiger partial charge in [0.05, 0.1) is 19.3 Å². The highest BCUT2D eigenvalue weighted by molar-refractivity contribution is 5.39. The fourth-order valence-corrected chi connectivity index (χ4v) is 2.51.